The zero-order valence-electron chi connectivity index (χ0n) is 23.1. The van der Waals surface area contributed by atoms with Crippen molar-refractivity contribution in [2.45, 2.75) is 20.3 Å². The second-order valence-corrected chi connectivity index (χ2v) is 9.36. The van der Waals surface area contributed by atoms with Crippen LogP contribution in [0.3, 0.4) is 0 Å². The van der Waals surface area contributed by atoms with Gasteiger partial charge in [0, 0.05) is 62.7 Å². The number of hydrogen-bond donors (Lipinski definition) is 2. The first-order valence-electron chi connectivity index (χ1n) is 13.3. The third-order valence-corrected chi connectivity index (χ3v) is 6.70. The summed E-state index contributed by atoms with van der Waals surface area (Å²) in [6.45, 7) is 5.74. The number of carbonyl (C=O) groups excluding carboxylic acids is 3. The Kier molecular flexibility index (Phi) is 9.40. The summed E-state index contributed by atoms with van der Waals surface area (Å²) in [6, 6.07) is 23.9. The van der Waals surface area contributed by atoms with E-state index < -0.39 is 0 Å². The van der Waals surface area contributed by atoms with Crippen LogP contribution in [0.25, 0.3) is 0 Å². The normalized spacial score (nSPS) is 14.1. The zero-order valence-corrected chi connectivity index (χ0v) is 23.1. The average molecular weight is 539 g/mol. The molecule has 2 N–H and O–H groups in total. The Morgan fingerprint density at radius 3 is 1.82 bits per heavy atom. The molecule has 206 valence electrons. The SMILES string of the molecule is CC/C(=N\C(=NC)Nc1ccc(C(=O)N2CCN(C(C)=O)CC2)cc1)c1ccc(NC(=O)c2ccccc2)cc1. The van der Waals surface area contributed by atoms with Crippen molar-refractivity contribution in [3.8, 4) is 0 Å². The van der Waals surface area contributed by atoms with E-state index in [1.165, 1.54) is 0 Å². The molecule has 0 radical (unpaired) electrons. The number of aliphatic imine (C=N–C) groups is 2. The maximum Gasteiger partial charge on any atom is 0.255 e. The van der Waals surface area contributed by atoms with Gasteiger partial charge in [0.25, 0.3) is 11.8 Å². The van der Waals surface area contributed by atoms with E-state index in [1.54, 1.807) is 48.0 Å². The molecule has 0 atom stereocenters. The molecule has 1 heterocycles. The van der Waals surface area contributed by atoms with Crippen molar-refractivity contribution in [1.29, 1.82) is 0 Å². The van der Waals surface area contributed by atoms with Gasteiger partial charge in [-0.05, 0) is 60.5 Å². The predicted octanol–water partition coefficient (Wildman–Crippen LogP) is 4.54. The van der Waals surface area contributed by atoms with Crippen molar-refractivity contribution in [3.05, 3.63) is 95.6 Å². The molecule has 9 heteroatoms. The average Bonchev–Trinajstić information content (AvgIpc) is 3.00. The molecule has 0 bridgehead atoms. The second kappa shape index (κ2) is 13.3. The van der Waals surface area contributed by atoms with Gasteiger partial charge in [-0.3, -0.25) is 19.4 Å². The van der Waals surface area contributed by atoms with Gasteiger partial charge in [-0.25, -0.2) is 4.99 Å². The first-order chi connectivity index (χ1) is 19.4. The summed E-state index contributed by atoms with van der Waals surface area (Å²) < 4.78 is 0. The van der Waals surface area contributed by atoms with Crippen LogP contribution in [0.2, 0.25) is 0 Å². The molecular weight excluding hydrogens is 504 g/mol. The molecule has 3 aromatic carbocycles. The van der Waals surface area contributed by atoms with Crippen LogP contribution in [0.4, 0.5) is 11.4 Å². The Morgan fingerprint density at radius 2 is 1.27 bits per heavy atom. The van der Waals surface area contributed by atoms with Crippen molar-refractivity contribution in [3.63, 3.8) is 0 Å². The smallest absolute Gasteiger partial charge is 0.255 e. The first kappa shape index (κ1) is 28.2. The molecule has 1 fully saturated rings. The van der Waals surface area contributed by atoms with Crippen LogP contribution in [0.5, 0.6) is 0 Å². The molecule has 0 unspecified atom stereocenters. The van der Waals surface area contributed by atoms with Crippen LogP contribution in [0, 0.1) is 0 Å². The highest BCUT2D eigenvalue weighted by molar-refractivity contribution is 6.10. The first-order valence-corrected chi connectivity index (χ1v) is 13.3. The highest BCUT2D eigenvalue weighted by atomic mass is 16.2. The molecule has 0 aromatic heterocycles. The van der Waals surface area contributed by atoms with Crippen LogP contribution >= 0.6 is 0 Å². The highest BCUT2D eigenvalue weighted by Crippen LogP contribution is 2.16. The molecule has 1 aliphatic heterocycles. The highest BCUT2D eigenvalue weighted by Gasteiger charge is 2.23. The van der Waals surface area contributed by atoms with E-state index in [9.17, 15) is 14.4 Å². The van der Waals surface area contributed by atoms with Crippen molar-refractivity contribution < 1.29 is 14.4 Å². The Labute approximate surface area is 234 Å². The molecule has 1 aliphatic rings. The number of benzene rings is 3. The quantitative estimate of drug-likeness (QED) is 0.355. The van der Waals surface area contributed by atoms with Crippen molar-refractivity contribution in [1.82, 2.24) is 9.80 Å². The van der Waals surface area contributed by atoms with Gasteiger partial charge in [-0.1, -0.05) is 37.3 Å². The van der Waals surface area contributed by atoms with Crippen LogP contribution < -0.4 is 10.6 Å². The molecule has 0 aliphatic carbocycles. The second-order valence-electron chi connectivity index (χ2n) is 9.36. The number of anilines is 2. The number of nitrogens with zero attached hydrogens (tertiary/aromatic N) is 4. The Bertz CT molecular complexity index is 1390. The summed E-state index contributed by atoms with van der Waals surface area (Å²) in [4.78, 5) is 49.4. The summed E-state index contributed by atoms with van der Waals surface area (Å²) in [5.74, 6) is 0.270. The van der Waals surface area contributed by atoms with Crippen LogP contribution in [-0.4, -0.2) is 72.4 Å². The predicted molar refractivity (Wildman–Crippen MR) is 159 cm³/mol. The van der Waals surface area contributed by atoms with Crippen molar-refractivity contribution in [2.75, 3.05) is 43.9 Å². The lowest BCUT2D eigenvalue weighted by atomic mass is 10.1. The van der Waals surface area contributed by atoms with Gasteiger partial charge in [0.1, 0.15) is 0 Å². The van der Waals surface area contributed by atoms with E-state index in [0.717, 1.165) is 17.0 Å². The number of nitrogens with one attached hydrogen (secondary N) is 2. The Morgan fingerprint density at radius 1 is 0.725 bits per heavy atom. The topological polar surface area (TPSA) is 106 Å². The molecule has 3 amide bonds. The van der Waals surface area contributed by atoms with Crippen molar-refractivity contribution >= 4 is 40.8 Å². The number of hydrogen-bond acceptors (Lipinski definition) is 4. The fraction of sp³-hybridized carbons (Fsp3) is 0.258. The fourth-order valence-corrected chi connectivity index (χ4v) is 4.38. The molecule has 3 aromatic rings. The van der Waals surface area contributed by atoms with E-state index in [1.807, 2.05) is 61.5 Å². The van der Waals surface area contributed by atoms with E-state index in [4.69, 9.17) is 4.99 Å². The van der Waals surface area contributed by atoms with Crippen LogP contribution in [-0.2, 0) is 4.79 Å². The Hall–Kier alpha value is -4.79. The maximum atomic E-state index is 12.9. The molecule has 4 rings (SSSR count). The van der Waals surface area contributed by atoms with Gasteiger partial charge in [0.15, 0.2) is 0 Å². The molecule has 0 saturated carbocycles. The molecule has 9 nitrogen and oxygen atoms in total. The number of guanidine groups is 1. The summed E-state index contributed by atoms with van der Waals surface area (Å²) in [6.07, 6.45) is 0.681. The largest absolute Gasteiger partial charge is 0.339 e. The lowest BCUT2D eigenvalue weighted by molar-refractivity contribution is -0.130. The minimum absolute atomic E-state index is 0.0363. The van der Waals surface area contributed by atoms with Gasteiger partial charge in [0.05, 0.1) is 5.71 Å². The Balaban J connectivity index is 1.37. The van der Waals surface area contributed by atoms with Crippen LogP contribution in [0.15, 0.2) is 88.8 Å². The number of amides is 3. The number of piperazine rings is 1. The van der Waals surface area contributed by atoms with Crippen LogP contribution in [0.1, 0.15) is 46.5 Å². The lowest BCUT2D eigenvalue weighted by Crippen LogP contribution is -2.50. The van der Waals surface area contributed by atoms with Crippen molar-refractivity contribution in [2.24, 2.45) is 9.98 Å². The summed E-state index contributed by atoms with van der Waals surface area (Å²) in [7, 11) is 1.67. The van der Waals surface area contributed by atoms with E-state index >= 15 is 0 Å². The third kappa shape index (κ3) is 7.19. The maximum absolute atomic E-state index is 12.9. The fourth-order valence-electron chi connectivity index (χ4n) is 4.38. The monoisotopic (exact) mass is 538 g/mol. The molecule has 40 heavy (non-hydrogen) atoms. The molecule has 0 spiro atoms. The van der Waals surface area contributed by atoms with Gasteiger partial charge in [0.2, 0.25) is 11.9 Å². The molecule has 1 saturated heterocycles. The van der Waals surface area contributed by atoms with Gasteiger partial charge < -0.3 is 20.4 Å². The standard InChI is InChI=1S/C31H34N6O3/c1-4-28(23-10-14-26(15-11-23)33-29(39)24-8-6-5-7-9-24)35-31(32-3)34-27-16-12-25(13-17-27)30(40)37-20-18-36(19-21-37)22(2)38/h5-17H,4,18-21H2,1-3H3,(H,32,34)(H,33,39)/b35-28+. The molecular formula is C31H34N6O3. The summed E-state index contributed by atoms with van der Waals surface area (Å²) in [5.41, 5.74) is 4.42. The van der Waals surface area contributed by atoms with Gasteiger partial charge in [-0.15, -0.1) is 0 Å². The number of carbonyl (C=O) groups is 3. The third-order valence-electron chi connectivity index (χ3n) is 6.70. The van der Waals surface area contributed by atoms with E-state index in [-0.39, 0.29) is 17.7 Å². The number of rotatable bonds is 6. The van der Waals surface area contributed by atoms with E-state index in [2.05, 4.69) is 15.6 Å². The summed E-state index contributed by atoms with van der Waals surface area (Å²) >= 11 is 0. The van der Waals surface area contributed by atoms with E-state index in [0.29, 0.717) is 55.4 Å². The minimum atomic E-state index is -0.161. The zero-order chi connectivity index (χ0) is 28.5. The lowest BCUT2D eigenvalue weighted by Gasteiger charge is -2.34. The minimum Gasteiger partial charge on any atom is -0.339 e. The van der Waals surface area contributed by atoms with Gasteiger partial charge >= 0.3 is 0 Å². The van der Waals surface area contributed by atoms with Gasteiger partial charge in [-0.2, -0.15) is 0 Å². The summed E-state index contributed by atoms with van der Waals surface area (Å²) in [5, 5.41) is 6.13.